The second-order valence-electron chi connectivity index (χ2n) is 8.99. The number of nitrogens with one attached hydrogen (secondary N) is 1. The lowest BCUT2D eigenvalue weighted by atomic mass is 9.50. The Labute approximate surface area is 168 Å². The van der Waals surface area contributed by atoms with Crippen LogP contribution in [0.25, 0.3) is 11.1 Å². The van der Waals surface area contributed by atoms with Crippen molar-refractivity contribution in [1.29, 1.82) is 0 Å². The zero-order chi connectivity index (χ0) is 19.5. The highest BCUT2D eigenvalue weighted by molar-refractivity contribution is 6.31. The van der Waals surface area contributed by atoms with Gasteiger partial charge in [0.1, 0.15) is 5.52 Å². The van der Waals surface area contributed by atoms with Gasteiger partial charge in [-0.3, -0.25) is 9.59 Å². The van der Waals surface area contributed by atoms with Gasteiger partial charge in [-0.2, -0.15) is 0 Å². The Kier molecular flexibility index (Phi) is 4.16. The molecule has 3 aliphatic rings. The molecule has 2 aromatic rings. The van der Waals surface area contributed by atoms with Gasteiger partial charge in [0.2, 0.25) is 11.8 Å². The predicted molar refractivity (Wildman–Crippen MR) is 105 cm³/mol. The van der Waals surface area contributed by atoms with E-state index < -0.39 is 0 Å². The maximum atomic E-state index is 12.3. The van der Waals surface area contributed by atoms with Gasteiger partial charge in [0.15, 0.2) is 11.5 Å². The number of amides is 2. The van der Waals surface area contributed by atoms with Crippen LogP contribution in [0.2, 0.25) is 5.02 Å². The molecule has 2 aliphatic carbocycles. The van der Waals surface area contributed by atoms with Gasteiger partial charge in [0.05, 0.1) is 0 Å². The summed E-state index contributed by atoms with van der Waals surface area (Å²) in [5.74, 6) is 1.56. The normalized spacial score (nSPS) is 31.9. The third-order valence-electron chi connectivity index (χ3n) is 6.69. The van der Waals surface area contributed by atoms with Crippen LogP contribution in [0.5, 0.6) is 0 Å². The maximum Gasteiger partial charge on any atom is 0.222 e. The fourth-order valence-electron chi connectivity index (χ4n) is 5.32. The standard InChI is InChI=1S/C21H24ClN3O3/c1-25-11-12(5-19(25)27)4-18(26)23-15-9-21(10-15)7-13(8-21)20-24-16-6-14(22)2-3-17(16)28-20/h2-3,6,12-13,15H,4-5,7-11H2,1H3,(H,23,26). The molecule has 2 amide bonds. The van der Waals surface area contributed by atoms with Gasteiger partial charge in [0, 0.05) is 43.4 Å². The van der Waals surface area contributed by atoms with Crippen molar-refractivity contribution in [2.75, 3.05) is 13.6 Å². The van der Waals surface area contributed by atoms with Crippen LogP contribution in [0.1, 0.15) is 50.3 Å². The van der Waals surface area contributed by atoms with Gasteiger partial charge in [-0.15, -0.1) is 0 Å². The van der Waals surface area contributed by atoms with Crippen LogP contribution in [-0.2, 0) is 9.59 Å². The molecule has 6 nitrogen and oxygen atoms in total. The molecule has 1 N–H and O–H groups in total. The number of fused-ring (bicyclic) bond motifs is 1. The molecule has 3 fully saturated rings. The second-order valence-corrected chi connectivity index (χ2v) is 9.43. The lowest BCUT2D eigenvalue weighted by Gasteiger charge is -2.57. The maximum absolute atomic E-state index is 12.3. The smallest absolute Gasteiger partial charge is 0.222 e. The minimum Gasteiger partial charge on any atom is -0.440 e. The molecule has 0 radical (unpaired) electrons. The molecule has 1 aromatic carbocycles. The number of carbonyl (C=O) groups is 2. The Morgan fingerprint density at radius 3 is 2.86 bits per heavy atom. The summed E-state index contributed by atoms with van der Waals surface area (Å²) in [4.78, 5) is 30.2. The number of carbonyl (C=O) groups excluding carboxylic acids is 2. The summed E-state index contributed by atoms with van der Waals surface area (Å²) in [5.41, 5.74) is 1.94. The highest BCUT2D eigenvalue weighted by atomic mass is 35.5. The third kappa shape index (κ3) is 3.17. The van der Waals surface area contributed by atoms with E-state index in [0.29, 0.717) is 35.7 Å². The Bertz CT molecular complexity index is 942. The zero-order valence-corrected chi connectivity index (χ0v) is 16.7. The van der Waals surface area contributed by atoms with E-state index in [-0.39, 0.29) is 23.8 Å². The first-order valence-electron chi connectivity index (χ1n) is 9.98. The van der Waals surface area contributed by atoms with Crippen LogP contribution >= 0.6 is 11.6 Å². The van der Waals surface area contributed by atoms with E-state index in [4.69, 9.17) is 16.0 Å². The van der Waals surface area contributed by atoms with Crippen molar-refractivity contribution >= 4 is 34.5 Å². The molecule has 2 saturated carbocycles. The van der Waals surface area contributed by atoms with Crippen LogP contribution in [0.15, 0.2) is 22.6 Å². The molecular weight excluding hydrogens is 378 g/mol. The molecule has 148 valence electrons. The molecule has 28 heavy (non-hydrogen) atoms. The SMILES string of the molecule is CN1CC(CC(=O)NC2CC3(C2)CC(c2nc4cc(Cl)ccc4o2)C3)CC1=O. The van der Waals surface area contributed by atoms with Crippen LogP contribution < -0.4 is 5.32 Å². The lowest BCUT2D eigenvalue weighted by Crippen LogP contribution is -2.55. The van der Waals surface area contributed by atoms with Crippen LogP contribution in [-0.4, -0.2) is 41.3 Å². The second kappa shape index (κ2) is 6.48. The predicted octanol–water partition coefficient (Wildman–Crippen LogP) is 3.49. The number of halogens is 1. The first-order chi connectivity index (χ1) is 13.4. The van der Waals surface area contributed by atoms with Crippen molar-refractivity contribution in [3.05, 3.63) is 29.1 Å². The number of hydrogen-bond donors (Lipinski definition) is 1. The topological polar surface area (TPSA) is 75.4 Å². The number of rotatable bonds is 4. The number of hydrogen-bond acceptors (Lipinski definition) is 4. The summed E-state index contributed by atoms with van der Waals surface area (Å²) >= 11 is 6.02. The van der Waals surface area contributed by atoms with Gasteiger partial charge in [-0.05, 0) is 55.2 Å². The van der Waals surface area contributed by atoms with Crippen LogP contribution in [0, 0.1) is 11.3 Å². The Hall–Kier alpha value is -2.08. The summed E-state index contributed by atoms with van der Waals surface area (Å²) < 4.78 is 5.90. The monoisotopic (exact) mass is 401 g/mol. The summed E-state index contributed by atoms with van der Waals surface area (Å²) in [5, 5.41) is 3.83. The molecule has 1 atom stereocenters. The van der Waals surface area contributed by atoms with Crippen molar-refractivity contribution < 1.29 is 14.0 Å². The fraction of sp³-hybridized carbons (Fsp3) is 0.571. The van der Waals surface area contributed by atoms with Gasteiger partial charge in [0.25, 0.3) is 0 Å². The third-order valence-corrected chi connectivity index (χ3v) is 6.93. The summed E-state index contributed by atoms with van der Waals surface area (Å²) in [6, 6.07) is 5.79. The van der Waals surface area contributed by atoms with Gasteiger partial charge < -0.3 is 14.6 Å². The highest BCUT2D eigenvalue weighted by Crippen LogP contribution is 2.61. The number of oxazole rings is 1. The summed E-state index contributed by atoms with van der Waals surface area (Å²) in [6.45, 7) is 0.693. The molecule has 7 heteroatoms. The summed E-state index contributed by atoms with van der Waals surface area (Å²) in [7, 11) is 1.80. The quantitative estimate of drug-likeness (QED) is 0.850. The first-order valence-corrected chi connectivity index (χ1v) is 10.4. The van der Waals surface area contributed by atoms with Crippen molar-refractivity contribution in [2.45, 2.75) is 50.5 Å². The van der Waals surface area contributed by atoms with Gasteiger partial charge in [-0.25, -0.2) is 4.98 Å². The first kappa shape index (κ1) is 18.0. The number of benzene rings is 1. The minimum absolute atomic E-state index is 0.0830. The lowest BCUT2D eigenvalue weighted by molar-refractivity contribution is -0.126. The minimum atomic E-state index is 0.0830. The van der Waals surface area contributed by atoms with Crippen LogP contribution in [0.4, 0.5) is 0 Å². The average molecular weight is 402 g/mol. The number of likely N-dealkylation sites (tertiary alicyclic amines) is 1. The molecule has 5 rings (SSSR count). The summed E-state index contributed by atoms with van der Waals surface area (Å²) in [6.07, 6.45) is 5.16. The largest absolute Gasteiger partial charge is 0.440 e. The van der Waals surface area contributed by atoms with Crippen molar-refractivity contribution in [3.63, 3.8) is 0 Å². The van der Waals surface area contributed by atoms with Crippen molar-refractivity contribution in [1.82, 2.24) is 15.2 Å². The Morgan fingerprint density at radius 2 is 2.14 bits per heavy atom. The van der Waals surface area contributed by atoms with E-state index in [9.17, 15) is 9.59 Å². The van der Waals surface area contributed by atoms with E-state index in [0.717, 1.165) is 42.7 Å². The molecule has 1 aliphatic heterocycles. The molecule has 1 spiro atoms. The Morgan fingerprint density at radius 1 is 1.36 bits per heavy atom. The van der Waals surface area contributed by atoms with Crippen molar-refractivity contribution in [2.24, 2.45) is 11.3 Å². The average Bonchev–Trinajstić information content (AvgIpc) is 3.10. The molecule has 0 bridgehead atoms. The van der Waals surface area contributed by atoms with E-state index in [1.165, 1.54) is 0 Å². The van der Waals surface area contributed by atoms with E-state index >= 15 is 0 Å². The van der Waals surface area contributed by atoms with E-state index in [1.807, 2.05) is 18.2 Å². The fourth-order valence-corrected chi connectivity index (χ4v) is 5.48. The van der Waals surface area contributed by atoms with Gasteiger partial charge in [-0.1, -0.05) is 11.6 Å². The van der Waals surface area contributed by atoms with E-state index in [1.54, 1.807) is 11.9 Å². The van der Waals surface area contributed by atoms with Crippen molar-refractivity contribution in [3.8, 4) is 0 Å². The van der Waals surface area contributed by atoms with Crippen LogP contribution in [0.3, 0.4) is 0 Å². The highest BCUT2D eigenvalue weighted by Gasteiger charge is 2.54. The molecule has 2 heterocycles. The molecule has 1 saturated heterocycles. The molecule has 1 aromatic heterocycles. The zero-order valence-electron chi connectivity index (χ0n) is 15.9. The number of aromatic nitrogens is 1. The van der Waals surface area contributed by atoms with Gasteiger partial charge >= 0.3 is 0 Å². The molecule has 1 unspecified atom stereocenters. The van der Waals surface area contributed by atoms with E-state index in [2.05, 4.69) is 10.3 Å². The molecular formula is C21H24ClN3O3. The Balaban J connectivity index is 1.10. The number of nitrogens with zero attached hydrogens (tertiary/aromatic N) is 2.